The number of carbonyl (C=O) groups excluding carboxylic acids is 2. The topological polar surface area (TPSA) is 78.0 Å². The van der Waals surface area contributed by atoms with Crippen LogP contribution in [0.15, 0.2) is 46.0 Å². The van der Waals surface area contributed by atoms with E-state index in [2.05, 4.69) is 6.92 Å². The van der Waals surface area contributed by atoms with E-state index >= 15 is 0 Å². The summed E-state index contributed by atoms with van der Waals surface area (Å²) in [5, 5.41) is 1.65. The van der Waals surface area contributed by atoms with E-state index in [1.807, 2.05) is 35.2 Å². The van der Waals surface area contributed by atoms with E-state index < -0.39 is 10.0 Å². The molecule has 1 aromatic heterocycles. The van der Waals surface area contributed by atoms with Crippen LogP contribution in [0, 0.1) is 11.8 Å². The quantitative estimate of drug-likeness (QED) is 0.603. The van der Waals surface area contributed by atoms with E-state index in [1.165, 1.54) is 10.4 Å². The van der Waals surface area contributed by atoms with E-state index in [1.54, 1.807) is 17.3 Å². The minimum absolute atomic E-state index is 0.0563. The molecular formula is C25H33N3O4S2. The lowest BCUT2D eigenvalue weighted by molar-refractivity contribution is -0.135. The molecule has 0 N–H and O–H groups in total. The van der Waals surface area contributed by atoms with Crippen molar-refractivity contribution in [3.63, 3.8) is 0 Å². The number of nitrogens with zero attached hydrogens (tertiary/aromatic N) is 3. The number of hydrogen-bond acceptors (Lipinski definition) is 5. The van der Waals surface area contributed by atoms with Crippen LogP contribution in [0.3, 0.4) is 0 Å². The molecule has 0 saturated carbocycles. The van der Waals surface area contributed by atoms with Gasteiger partial charge >= 0.3 is 0 Å². The van der Waals surface area contributed by atoms with Crippen molar-refractivity contribution < 1.29 is 18.0 Å². The van der Waals surface area contributed by atoms with E-state index in [9.17, 15) is 18.0 Å². The Balaban J connectivity index is 1.34. The molecule has 9 heteroatoms. The number of likely N-dealkylation sites (tertiary alicyclic amines) is 1. The smallest absolute Gasteiger partial charge is 0.254 e. The van der Waals surface area contributed by atoms with Gasteiger partial charge in [-0.05, 0) is 43.2 Å². The third-order valence-electron chi connectivity index (χ3n) is 6.93. The average molecular weight is 504 g/mol. The molecule has 4 rings (SSSR count). The zero-order valence-corrected chi connectivity index (χ0v) is 21.5. The van der Waals surface area contributed by atoms with Gasteiger partial charge in [-0.25, -0.2) is 8.42 Å². The third-order valence-corrected chi connectivity index (χ3v) is 10.2. The second-order valence-corrected chi connectivity index (χ2v) is 12.6. The van der Waals surface area contributed by atoms with Gasteiger partial charge in [-0.15, -0.1) is 11.3 Å². The molecule has 0 radical (unpaired) electrons. The number of amides is 2. The van der Waals surface area contributed by atoms with Gasteiger partial charge in [0.05, 0.1) is 5.56 Å². The molecule has 0 spiro atoms. The van der Waals surface area contributed by atoms with E-state index in [4.69, 9.17) is 0 Å². The maximum atomic E-state index is 13.2. The highest BCUT2D eigenvalue weighted by Gasteiger charge is 2.34. The first kappa shape index (κ1) is 24.9. The zero-order chi connectivity index (χ0) is 24.3. The summed E-state index contributed by atoms with van der Waals surface area (Å²) in [5.74, 6) is 0.411. The van der Waals surface area contributed by atoms with Crippen LogP contribution >= 0.6 is 11.3 Å². The number of benzene rings is 1. The SMILES string of the molecule is CC1CCN(C(=O)c2csc(S(=O)(=O)N3CCC(C(=O)N(C)Cc4ccccc4)CC3)c2)CC1. The summed E-state index contributed by atoms with van der Waals surface area (Å²) in [6, 6.07) is 11.4. The summed E-state index contributed by atoms with van der Waals surface area (Å²) < 4.78 is 28.1. The second-order valence-electron chi connectivity index (χ2n) is 9.49. The lowest BCUT2D eigenvalue weighted by atomic mass is 9.96. The molecule has 2 fully saturated rings. The first-order valence-electron chi connectivity index (χ1n) is 11.9. The Labute approximate surface area is 206 Å². The van der Waals surface area contributed by atoms with Crippen molar-refractivity contribution in [3.05, 3.63) is 52.9 Å². The Morgan fingerprint density at radius 2 is 1.68 bits per heavy atom. The summed E-state index contributed by atoms with van der Waals surface area (Å²) in [7, 11) is -1.88. The molecule has 0 atom stereocenters. The Kier molecular flexibility index (Phi) is 7.74. The van der Waals surface area contributed by atoms with Gasteiger partial charge in [0, 0.05) is 51.1 Å². The van der Waals surface area contributed by atoms with Crippen molar-refractivity contribution in [1.82, 2.24) is 14.1 Å². The molecule has 2 saturated heterocycles. The highest BCUT2D eigenvalue weighted by atomic mass is 32.2. The molecular weight excluding hydrogens is 470 g/mol. The molecule has 2 aliphatic heterocycles. The summed E-state index contributed by atoms with van der Waals surface area (Å²) in [6.07, 6.45) is 2.96. The Morgan fingerprint density at radius 1 is 1.03 bits per heavy atom. The Bertz CT molecular complexity index is 1100. The lowest BCUT2D eigenvalue weighted by Gasteiger charge is -2.32. The number of carbonyl (C=O) groups is 2. The Morgan fingerprint density at radius 3 is 2.32 bits per heavy atom. The van der Waals surface area contributed by atoms with Crippen LogP contribution in [-0.4, -0.2) is 67.6 Å². The van der Waals surface area contributed by atoms with Crippen LogP contribution in [-0.2, 0) is 21.4 Å². The minimum Gasteiger partial charge on any atom is -0.341 e. The second kappa shape index (κ2) is 10.6. The number of sulfonamides is 1. The highest BCUT2D eigenvalue weighted by Crippen LogP contribution is 2.30. The molecule has 0 aliphatic carbocycles. The van der Waals surface area contributed by atoms with Gasteiger partial charge in [0.25, 0.3) is 15.9 Å². The maximum Gasteiger partial charge on any atom is 0.254 e. The normalized spacial score (nSPS) is 18.7. The monoisotopic (exact) mass is 503 g/mol. The molecule has 7 nitrogen and oxygen atoms in total. The lowest BCUT2D eigenvalue weighted by Crippen LogP contribution is -2.43. The van der Waals surface area contributed by atoms with E-state index in [0.717, 1.165) is 42.8 Å². The largest absolute Gasteiger partial charge is 0.341 e. The molecule has 2 aromatic rings. The molecule has 184 valence electrons. The van der Waals surface area contributed by atoms with Gasteiger partial charge in [-0.1, -0.05) is 37.3 Å². The van der Waals surface area contributed by atoms with Gasteiger partial charge in [0.1, 0.15) is 4.21 Å². The summed E-state index contributed by atoms with van der Waals surface area (Å²) in [5.41, 5.74) is 1.52. The number of piperidine rings is 2. The van der Waals surface area contributed by atoms with Crippen LogP contribution in [0.1, 0.15) is 48.5 Å². The number of thiophene rings is 1. The molecule has 2 aliphatic rings. The van der Waals surface area contributed by atoms with Gasteiger partial charge in [-0.2, -0.15) is 4.31 Å². The molecule has 34 heavy (non-hydrogen) atoms. The number of hydrogen-bond donors (Lipinski definition) is 0. The fourth-order valence-electron chi connectivity index (χ4n) is 4.68. The first-order valence-corrected chi connectivity index (χ1v) is 14.2. The maximum absolute atomic E-state index is 13.2. The highest BCUT2D eigenvalue weighted by molar-refractivity contribution is 7.91. The summed E-state index contributed by atoms with van der Waals surface area (Å²) in [4.78, 5) is 29.3. The van der Waals surface area contributed by atoms with Crippen molar-refractivity contribution in [2.24, 2.45) is 11.8 Å². The van der Waals surface area contributed by atoms with Gasteiger partial charge < -0.3 is 9.80 Å². The number of rotatable bonds is 6. The fourth-order valence-corrected chi connectivity index (χ4v) is 7.45. The Hall–Kier alpha value is -2.23. The van der Waals surface area contributed by atoms with Crippen LogP contribution < -0.4 is 0 Å². The van der Waals surface area contributed by atoms with Crippen molar-refractivity contribution in [3.8, 4) is 0 Å². The van der Waals surface area contributed by atoms with Crippen LogP contribution in [0.5, 0.6) is 0 Å². The van der Waals surface area contributed by atoms with E-state index in [-0.39, 0.29) is 21.9 Å². The molecule has 3 heterocycles. The van der Waals surface area contributed by atoms with Crippen LogP contribution in [0.2, 0.25) is 0 Å². The first-order chi connectivity index (χ1) is 16.3. The standard InChI is InChI=1S/C25H33N3O4S2/c1-19-8-12-27(13-9-19)25(30)22-16-23(33-18-22)34(31,32)28-14-10-21(11-15-28)24(29)26(2)17-20-6-4-3-5-7-20/h3-7,16,18-19,21H,8-15,17H2,1-2H3. The predicted molar refractivity (Wildman–Crippen MR) is 133 cm³/mol. The van der Waals surface area contributed by atoms with Gasteiger partial charge in [0.2, 0.25) is 5.91 Å². The predicted octanol–water partition coefficient (Wildman–Crippen LogP) is 3.68. The van der Waals surface area contributed by atoms with Crippen molar-refractivity contribution in [1.29, 1.82) is 0 Å². The van der Waals surface area contributed by atoms with E-state index in [0.29, 0.717) is 44.0 Å². The summed E-state index contributed by atoms with van der Waals surface area (Å²) in [6.45, 7) is 4.79. The van der Waals surface area contributed by atoms with Gasteiger partial charge in [-0.3, -0.25) is 9.59 Å². The molecule has 2 amide bonds. The molecule has 0 bridgehead atoms. The van der Waals surface area contributed by atoms with Gasteiger partial charge in [0.15, 0.2) is 0 Å². The summed E-state index contributed by atoms with van der Waals surface area (Å²) >= 11 is 1.10. The van der Waals surface area contributed by atoms with Crippen molar-refractivity contribution in [2.75, 3.05) is 33.2 Å². The van der Waals surface area contributed by atoms with Crippen LogP contribution in [0.4, 0.5) is 0 Å². The van der Waals surface area contributed by atoms with Crippen molar-refractivity contribution >= 4 is 33.2 Å². The third kappa shape index (κ3) is 5.53. The van der Waals surface area contributed by atoms with Crippen molar-refractivity contribution in [2.45, 2.75) is 43.4 Å². The zero-order valence-electron chi connectivity index (χ0n) is 19.9. The molecule has 1 aromatic carbocycles. The van der Waals surface area contributed by atoms with Crippen LogP contribution in [0.25, 0.3) is 0 Å². The fraction of sp³-hybridized carbons (Fsp3) is 0.520. The average Bonchev–Trinajstić information content (AvgIpc) is 3.36. The minimum atomic E-state index is -3.68. The molecule has 0 unspecified atom stereocenters.